The molecule has 0 radical (unpaired) electrons. The predicted molar refractivity (Wildman–Crippen MR) is 115 cm³/mol. The van der Waals surface area contributed by atoms with E-state index >= 15 is 0 Å². The van der Waals surface area contributed by atoms with E-state index in [0.717, 1.165) is 25.4 Å². The lowest BCUT2D eigenvalue weighted by Crippen LogP contribution is -2.51. The van der Waals surface area contributed by atoms with Gasteiger partial charge in [-0.05, 0) is 36.8 Å². The number of hydrogen-bond donors (Lipinski definition) is 1. The van der Waals surface area contributed by atoms with Gasteiger partial charge in [-0.15, -0.1) is 0 Å². The van der Waals surface area contributed by atoms with Gasteiger partial charge in [0.2, 0.25) is 0 Å². The van der Waals surface area contributed by atoms with E-state index in [2.05, 4.69) is 34.5 Å². The number of nitrogens with zero attached hydrogens (tertiary/aromatic N) is 2. The number of benzene rings is 2. The molecule has 0 unspecified atom stereocenters. The van der Waals surface area contributed by atoms with Crippen molar-refractivity contribution in [2.24, 2.45) is 0 Å². The molecule has 29 heavy (non-hydrogen) atoms. The molecular weight excluding hydrogens is 366 g/mol. The fourth-order valence-corrected chi connectivity index (χ4v) is 3.16. The summed E-state index contributed by atoms with van der Waals surface area (Å²) in [7, 11) is 0. The van der Waals surface area contributed by atoms with E-state index in [1.807, 2.05) is 25.1 Å². The maximum Gasteiger partial charge on any atom is 0.313 e. The predicted octanol–water partition coefficient (Wildman–Crippen LogP) is 2.88. The lowest BCUT2D eigenvalue weighted by molar-refractivity contribution is -0.144. The standard InChI is InChI=1S/C23H27N3O3/c1-2-29-21-12-10-20(11-13-21)24-22(27)23(28)26-17-15-25(16-18-26)14-6-9-19-7-4-3-5-8-19/h3-13H,2,14-18H2,1H3,(H,24,27)/b9-6+. The van der Waals surface area contributed by atoms with Gasteiger partial charge < -0.3 is 15.0 Å². The highest BCUT2D eigenvalue weighted by Gasteiger charge is 2.25. The first-order valence-corrected chi connectivity index (χ1v) is 9.93. The van der Waals surface area contributed by atoms with E-state index in [0.29, 0.717) is 25.4 Å². The van der Waals surface area contributed by atoms with Gasteiger partial charge in [-0.3, -0.25) is 14.5 Å². The molecule has 152 valence electrons. The molecule has 0 bridgehead atoms. The Balaban J connectivity index is 1.43. The average Bonchev–Trinajstić information content (AvgIpc) is 2.76. The summed E-state index contributed by atoms with van der Waals surface area (Å²) in [5.74, 6) is -0.362. The van der Waals surface area contributed by atoms with E-state index in [1.54, 1.807) is 29.2 Å². The fraction of sp³-hybridized carbons (Fsp3) is 0.304. The molecule has 6 heteroatoms. The van der Waals surface area contributed by atoms with Crippen LogP contribution in [0.15, 0.2) is 60.7 Å². The van der Waals surface area contributed by atoms with Gasteiger partial charge in [0.1, 0.15) is 5.75 Å². The lowest BCUT2D eigenvalue weighted by atomic mass is 10.2. The first-order chi connectivity index (χ1) is 14.2. The molecule has 0 atom stereocenters. The van der Waals surface area contributed by atoms with Crippen molar-refractivity contribution in [3.05, 3.63) is 66.2 Å². The van der Waals surface area contributed by atoms with Gasteiger partial charge in [0.05, 0.1) is 6.61 Å². The lowest BCUT2D eigenvalue weighted by Gasteiger charge is -2.33. The Bertz CT molecular complexity index is 826. The molecule has 1 fully saturated rings. The average molecular weight is 393 g/mol. The quantitative estimate of drug-likeness (QED) is 0.767. The van der Waals surface area contributed by atoms with Crippen molar-refractivity contribution in [1.29, 1.82) is 0 Å². The molecule has 3 rings (SSSR count). The highest BCUT2D eigenvalue weighted by atomic mass is 16.5. The summed E-state index contributed by atoms with van der Waals surface area (Å²) in [5, 5.41) is 2.66. The normalized spacial score (nSPS) is 14.7. The molecule has 1 saturated heterocycles. The van der Waals surface area contributed by atoms with Crippen molar-refractivity contribution < 1.29 is 14.3 Å². The zero-order chi connectivity index (χ0) is 20.5. The van der Waals surface area contributed by atoms with Crippen LogP contribution in [0.1, 0.15) is 12.5 Å². The highest BCUT2D eigenvalue weighted by molar-refractivity contribution is 6.39. The first kappa shape index (κ1) is 20.6. The first-order valence-electron chi connectivity index (χ1n) is 9.93. The van der Waals surface area contributed by atoms with Crippen LogP contribution in [0.5, 0.6) is 5.75 Å². The number of anilines is 1. The molecule has 0 aliphatic carbocycles. The molecule has 0 aromatic heterocycles. The van der Waals surface area contributed by atoms with Crippen molar-refractivity contribution >= 4 is 23.6 Å². The molecule has 2 aromatic carbocycles. The Kier molecular flexibility index (Phi) is 7.41. The van der Waals surface area contributed by atoms with Crippen LogP contribution in [0.3, 0.4) is 0 Å². The van der Waals surface area contributed by atoms with Crippen LogP contribution in [-0.4, -0.2) is 60.9 Å². The second-order valence-corrected chi connectivity index (χ2v) is 6.82. The number of carbonyl (C=O) groups excluding carboxylic acids is 2. The third-order valence-corrected chi connectivity index (χ3v) is 4.75. The summed E-state index contributed by atoms with van der Waals surface area (Å²) in [4.78, 5) is 28.6. The Hall–Kier alpha value is -3.12. The summed E-state index contributed by atoms with van der Waals surface area (Å²) in [6, 6.07) is 17.2. The van der Waals surface area contributed by atoms with Crippen LogP contribution in [0.25, 0.3) is 6.08 Å². The van der Waals surface area contributed by atoms with Gasteiger partial charge in [-0.25, -0.2) is 0 Å². The minimum atomic E-state index is -0.605. The Morgan fingerprint density at radius 1 is 1.00 bits per heavy atom. The highest BCUT2D eigenvalue weighted by Crippen LogP contribution is 2.16. The second kappa shape index (κ2) is 10.4. The molecule has 0 spiro atoms. The molecule has 2 aromatic rings. The summed E-state index contributed by atoms with van der Waals surface area (Å²) in [6.07, 6.45) is 4.23. The van der Waals surface area contributed by atoms with Crippen LogP contribution in [0.4, 0.5) is 5.69 Å². The van der Waals surface area contributed by atoms with Crippen molar-refractivity contribution in [2.75, 3.05) is 44.6 Å². The molecule has 1 N–H and O–H groups in total. The monoisotopic (exact) mass is 393 g/mol. The van der Waals surface area contributed by atoms with Gasteiger partial charge in [-0.2, -0.15) is 0 Å². The van der Waals surface area contributed by atoms with Crippen molar-refractivity contribution in [3.8, 4) is 5.75 Å². The number of piperazine rings is 1. The molecule has 1 aliphatic rings. The molecule has 6 nitrogen and oxygen atoms in total. The molecule has 1 aliphatic heterocycles. The summed E-state index contributed by atoms with van der Waals surface area (Å²) in [5.41, 5.74) is 1.75. The van der Waals surface area contributed by atoms with Gasteiger partial charge in [-0.1, -0.05) is 42.5 Å². The maximum atomic E-state index is 12.4. The van der Waals surface area contributed by atoms with E-state index in [9.17, 15) is 9.59 Å². The SMILES string of the molecule is CCOc1ccc(NC(=O)C(=O)N2CCN(C/C=C/c3ccccc3)CC2)cc1. The van der Waals surface area contributed by atoms with E-state index in [4.69, 9.17) is 4.74 Å². The summed E-state index contributed by atoms with van der Waals surface area (Å²) >= 11 is 0. The van der Waals surface area contributed by atoms with Crippen LogP contribution >= 0.6 is 0 Å². The number of amides is 2. The van der Waals surface area contributed by atoms with E-state index in [-0.39, 0.29) is 0 Å². The van der Waals surface area contributed by atoms with Crippen molar-refractivity contribution in [2.45, 2.75) is 6.92 Å². The zero-order valence-electron chi connectivity index (χ0n) is 16.7. The topological polar surface area (TPSA) is 61.9 Å². The van der Waals surface area contributed by atoms with Crippen molar-refractivity contribution in [3.63, 3.8) is 0 Å². The van der Waals surface area contributed by atoms with Gasteiger partial charge in [0.25, 0.3) is 0 Å². The minimum Gasteiger partial charge on any atom is -0.494 e. The summed E-state index contributed by atoms with van der Waals surface area (Å²) in [6.45, 7) is 5.92. The second-order valence-electron chi connectivity index (χ2n) is 6.82. The number of carbonyl (C=O) groups is 2. The third kappa shape index (κ3) is 6.19. The third-order valence-electron chi connectivity index (χ3n) is 4.75. The van der Waals surface area contributed by atoms with Gasteiger partial charge >= 0.3 is 11.8 Å². The van der Waals surface area contributed by atoms with Gasteiger partial charge in [0.15, 0.2) is 0 Å². The zero-order valence-corrected chi connectivity index (χ0v) is 16.7. The largest absolute Gasteiger partial charge is 0.494 e. The number of rotatable bonds is 6. The van der Waals surface area contributed by atoms with Gasteiger partial charge in [0, 0.05) is 38.4 Å². The Morgan fingerprint density at radius 2 is 1.69 bits per heavy atom. The summed E-state index contributed by atoms with van der Waals surface area (Å²) < 4.78 is 5.37. The number of hydrogen-bond acceptors (Lipinski definition) is 4. The maximum absolute atomic E-state index is 12.4. The Morgan fingerprint density at radius 3 is 2.34 bits per heavy atom. The van der Waals surface area contributed by atoms with Crippen molar-refractivity contribution in [1.82, 2.24) is 9.80 Å². The van der Waals surface area contributed by atoms with E-state index < -0.39 is 11.8 Å². The number of nitrogens with one attached hydrogen (secondary N) is 1. The van der Waals surface area contributed by atoms with Crippen LogP contribution < -0.4 is 10.1 Å². The van der Waals surface area contributed by atoms with Crippen LogP contribution in [0, 0.1) is 0 Å². The van der Waals surface area contributed by atoms with E-state index in [1.165, 1.54) is 5.56 Å². The number of ether oxygens (including phenoxy) is 1. The molecular formula is C23H27N3O3. The van der Waals surface area contributed by atoms with Crippen LogP contribution in [0.2, 0.25) is 0 Å². The molecule has 0 saturated carbocycles. The fourth-order valence-electron chi connectivity index (χ4n) is 3.16. The van der Waals surface area contributed by atoms with Crippen LogP contribution in [-0.2, 0) is 9.59 Å². The smallest absolute Gasteiger partial charge is 0.313 e. The Labute approximate surface area is 171 Å². The molecule has 1 heterocycles. The minimum absolute atomic E-state index is 0.488. The molecule has 2 amide bonds.